The van der Waals surface area contributed by atoms with Gasteiger partial charge in [0, 0.05) is 5.02 Å². The van der Waals surface area contributed by atoms with Crippen LogP contribution in [0.2, 0.25) is 5.02 Å². The van der Waals surface area contributed by atoms with Gasteiger partial charge in [0.15, 0.2) is 6.61 Å². The Balaban J connectivity index is 1.71. The topological polar surface area (TPSA) is 114 Å². The molecule has 0 saturated carbocycles. The summed E-state index contributed by atoms with van der Waals surface area (Å²) in [5.74, 6) is -0.761. The summed E-state index contributed by atoms with van der Waals surface area (Å²) in [5, 5.41) is 4.29. The van der Waals surface area contributed by atoms with E-state index in [-0.39, 0.29) is 11.5 Å². The first-order chi connectivity index (χ1) is 16.8. The van der Waals surface area contributed by atoms with Gasteiger partial charge in [0.25, 0.3) is 15.9 Å². The number of amides is 1. The molecule has 3 aromatic rings. The van der Waals surface area contributed by atoms with E-state index in [2.05, 4.69) is 15.3 Å². The minimum absolute atomic E-state index is 0.00850. The van der Waals surface area contributed by atoms with Crippen molar-refractivity contribution in [3.63, 3.8) is 0 Å². The number of hydrazone groups is 1. The maximum atomic E-state index is 13.3. The van der Waals surface area contributed by atoms with E-state index in [1.54, 1.807) is 54.6 Å². The molecule has 182 valence electrons. The predicted molar refractivity (Wildman–Crippen MR) is 132 cm³/mol. The molecule has 35 heavy (non-hydrogen) atoms. The fourth-order valence-electron chi connectivity index (χ4n) is 2.87. The van der Waals surface area contributed by atoms with E-state index in [1.807, 2.05) is 0 Å². The lowest BCUT2D eigenvalue weighted by Crippen LogP contribution is -2.39. The number of hydrogen-bond acceptors (Lipinski definition) is 7. The van der Waals surface area contributed by atoms with Gasteiger partial charge in [0.05, 0.1) is 23.9 Å². The van der Waals surface area contributed by atoms with Gasteiger partial charge >= 0.3 is 5.97 Å². The number of hydrogen-bond donors (Lipinski definition) is 1. The highest BCUT2D eigenvalue weighted by Crippen LogP contribution is 2.24. The molecule has 11 heteroatoms. The van der Waals surface area contributed by atoms with E-state index in [0.29, 0.717) is 22.0 Å². The van der Waals surface area contributed by atoms with Crippen molar-refractivity contribution >= 4 is 45.4 Å². The molecule has 0 bridgehead atoms. The standard InChI is InChI=1S/C24H22ClN3O6S/c1-33-24(30)17-34-21-9-5-6-18(14-21)15-26-27-23(29)16-28(20-7-3-2-4-8-20)35(31,32)22-12-10-19(25)11-13-22/h2-15H,16-17H2,1H3,(H,27,29)/b26-15-. The fourth-order valence-corrected chi connectivity index (χ4v) is 4.42. The quantitative estimate of drug-likeness (QED) is 0.252. The Morgan fingerprint density at radius 3 is 2.43 bits per heavy atom. The van der Waals surface area contributed by atoms with E-state index < -0.39 is 28.4 Å². The largest absolute Gasteiger partial charge is 0.482 e. The second kappa shape index (κ2) is 12.0. The Kier molecular flexibility index (Phi) is 8.82. The number of esters is 1. The van der Waals surface area contributed by atoms with Crippen LogP contribution in [0.15, 0.2) is 88.9 Å². The molecule has 0 fully saturated rings. The summed E-state index contributed by atoms with van der Waals surface area (Å²) in [6, 6.07) is 20.6. The van der Waals surface area contributed by atoms with E-state index in [9.17, 15) is 18.0 Å². The van der Waals surface area contributed by atoms with Crippen molar-refractivity contribution in [3.05, 3.63) is 89.4 Å². The molecule has 0 heterocycles. The second-order valence-corrected chi connectivity index (χ2v) is 9.33. The molecule has 0 atom stereocenters. The number of anilines is 1. The van der Waals surface area contributed by atoms with Gasteiger partial charge < -0.3 is 9.47 Å². The van der Waals surface area contributed by atoms with Crippen LogP contribution < -0.4 is 14.5 Å². The van der Waals surface area contributed by atoms with Gasteiger partial charge in [-0.25, -0.2) is 18.6 Å². The Morgan fingerprint density at radius 1 is 1.03 bits per heavy atom. The smallest absolute Gasteiger partial charge is 0.343 e. The van der Waals surface area contributed by atoms with Gasteiger partial charge in [-0.15, -0.1) is 0 Å². The lowest BCUT2D eigenvalue weighted by molar-refractivity contribution is -0.142. The number of benzene rings is 3. The highest BCUT2D eigenvalue weighted by atomic mass is 35.5. The number of para-hydroxylation sites is 1. The van der Waals surface area contributed by atoms with Gasteiger partial charge in [0.1, 0.15) is 12.3 Å². The second-order valence-electron chi connectivity index (χ2n) is 7.03. The average Bonchev–Trinajstić information content (AvgIpc) is 2.86. The molecule has 0 unspecified atom stereocenters. The molecule has 1 amide bonds. The molecule has 0 spiro atoms. The molecule has 3 aromatic carbocycles. The molecular formula is C24H22ClN3O6S. The van der Waals surface area contributed by atoms with E-state index in [1.165, 1.54) is 37.6 Å². The molecule has 0 aromatic heterocycles. The first-order valence-corrected chi connectivity index (χ1v) is 12.1. The van der Waals surface area contributed by atoms with Gasteiger partial charge in [-0.2, -0.15) is 5.10 Å². The van der Waals surface area contributed by atoms with Crippen LogP contribution in [0.4, 0.5) is 5.69 Å². The van der Waals surface area contributed by atoms with E-state index in [0.717, 1.165) is 4.31 Å². The number of halogens is 1. The Morgan fingerprint density at radius 2 is 1.74 bits per heavy atom. The highest BCUT2D eigenvalue weighted by Gasteiger charge is 2.27. The van der Waals surface area contributed by atoms with Crippen LogP contribution in [-0.2, 0) is 24.3 Å². The minimum Gasteiger partial charge on any atom is -0.482 e. The number of rotatable bonds is 10. The van der Waals surface area contributed by atoms with Crippen molar-refractivity contribution in [3.8, 4) is 5.75 Å². The summed E-state index contributed by atoms with van der Waals surface area (Å²) in [4.78, 5) is 23.8. The van der Waals surface area contributed by atoms with Crippen molar-refractivity contribution in [1.82, 2.24) is 5.43 Å². The Bertz CT molecular complexity index is 1300. The van der Waals surface area contributed by atoms with Crippen LogP contribution in [-0.4, -0.2) is 46.8 Å². The van der Waals surface area contributed by atoms with Crippen LogP contribution >= 0.6 is 11.6 Å². The van der Waals surface area contributed by atoms with Crippen molar-refractivity contribution in [1.29, 1.82) is 0 Å². The zero-order valence-corrected chi connectivity index (χ0v) is 20.2. The summed E-state index contributed by atoms with van der Waals surface area (Å²) >= 11 is 5.88. The summed E-state index contributed by atoms with van der Waals surface area (Å²) in [6.07, 6.45) is 1.36. The fraction of sp³-hybridized carbons (Fsp3) is 0.125. The predicted octanol–water partition coefficient (Wildman–Crippen LogP) is 3.24. The number of nitrogens with zero attached hydrogens (tertiary/aromatic N) is 2. The third-order valence-electron chi connectivity index (χ3n) is 4.58. The van der Waals surface area contributed by atoms with E-state index in [4.69, 9.17) is 16.3 Å². The molecule has 9 nitrogen and oxygen atoms in total. The van der Waals surface area contributed by atoms with Crippen LogP contribution in [0.1, 0.15) is 5.56 Å². The maximum Gasteiger partial charge on any atom is 0.343 e. The number of carbonyl (C=O) groups excluding carboxylic acids is 2. The molecular weight excluding hydrogens is 494 g/mol. The third kappa shape index (κ3) is 7.29. The van der Waals surface area contributed by atoms with Gasteiger partial charge in [0.2, 0.25) is 0 Å². The van der Waals surface area contributed by atoms with Crippen molar-refractivity contribution in [2.75, 3.05) is 24.6 Å². The molecule has 3 rings (SSSR count). The highest BCUT2D eigenvalue weighted by molar-refractivity contribution is 7.92. The number of ether oxygens (including phenoxy) is 2. The summed E-state index contributed by atoms with van der Waals surface area (Å²) in [7, 11) is -2.80. The molecule has 0 radical (unpaired) electrons. The van der Waals surface area contributed by atoms with Crippen LogP contribution in [0.3, 0.4) is 0 Å². The Labute approximate surface area is 208 Å². The van der Waals surface area contributed by atoms with Crippen molar-refractivity contribution < 1.29 is 27.5 Å². The number of carbonyl (C=O) groups is 2. The SMILES string of the molecule is COC(=O)COc1cccc(/C=N\NC(=O)CN(c2ccccc2)S(=O)(=O)c2ccc(Cl)cc2)c1. The van der Waals surface area contributed by atoms with Gasteiger partial charge in [-0.1, -0.05) is 41.9 Å². The first kappa shape index (κ1) is 25.7. The summed E-state index contributed by atoms with van der Waals surface area (Å²) in [6.45, 7) is -0.750. The first-order valence-electron chi connectivity index (χ1n) is 10.2. The Hall–Kier alpha value is -3.89. The van der Waals surface area contributed by atoms with Crippen LogP contribution in [0.25, 0.3) is 0 Å². The van der Waals surface area contributed by atoms with Crippen molar-refractivity contribution in [2.24, 2.45) is 5.10 Å². The monoisotopic (exact) mass is 515 g/mol. The number of sulfonamides is 1. The van der Waals surface area contributed by atoms with Crippen LogP contribution in [0.5, 0.6) is 5.75 Å². The average molecular weight is 516 g/mol. The lowest BCUT2D eigenvalue weighted by Gasteiger charge is -2.23. The third-order valence-corrected chi connectivity index (χ3v) is 6.62. The zero-order chi connectivity index (χ0) is 25.3. The van der Waals surface area contributed by atoms with Gasteiger partial charge in [-0.05, 0) is 54.1 Å². The normalized spacial score (nSPS) is 11.1. The molecule has 0 aliphatic heterocycles. The summed E-state index contributed by atoms with van der Waals surface area (Å²) in [5.41, 5.74) is 3.23. The molecule has 0 aliphatic rings. The minimum atomic E-state index is -4.06. The van der Waals surface area contributed by atoms with Crippen molar-refractivity contribution in [2.45, 2.75) is 4.90 Å². The zero-order valence-electron chi connectivity index (χ0n) is 18.6. The summed E-state index contributed by atoms with van der Waals surface area (Å²) < 4.78 is 37.3. The number of nitrogens with one attached hydrogen (secondary N) is 1. The number of methoxy groups -OCH3 is 1. The lowest BCUT2D eigenvalue weighted by atomic mass is 10.2. The molecule has 1 N–H and O–H groups in total. The van der Waals surface area contributed by atoms with Crippen LogP contribution in [0, 0.1) is 0 Å². The maximum absolute atomic E-state index is 13.3. The van der Waals surface area contributed by atoms with E-state index >= 15 is 0 Å². The van der Waals surface area contributed by atoms with Gasteiger partial charge in [-0.3, -0.25) is 9.10 Å². The molecule has 0 saturated heterocycles. The molecule has 0 aliphatic carbocycles.